The standard InChI is InChI=1S/C15H25ClN4O/c1-20(12-7-4-3-5-8-12)10-6-9-17-15-13(21-2)14(16)18-11-19-15/h11-12H,3-10H2,1-2H3,(H,17,18,19). The molecule has 0 unspecified atom stereocenters. The number of ether oxygens (including phenoxy) is 1. The Morgan fingerprint density at radius 2 is 2.10 bits per heavy atom. The molecule has 5 nitrogen and oxygen atoms in total. The molecule has 1 aliphatic rings. The van der Waals surface area contributed by atoms with E-state index in [-0.39, 0.29) is 0 Å². The van der Waals surface area contributed by atoms with E-state index in [9.17, 15) is 0 Å². The van der Waals surface area contributed by atoms with E-state index in [0.29, 0.717) is 16.7 Å². The molecule has 0 aliphatic heterocycles. The highest BCUT2D eigenvalue weighted by molar-refractivity contribution is 6.31. The van der Waals surface area contributed by atoms with Crippen LogP contribution < -0.4 is 10.1 Å². The van der Waals surface area contributed by atoms with E-state index in [4.69, 9.17) is 16.3 Å². The first-order valence-electron chi connectivity index (χ1n) is 7.71. The van der Waals surface area contributed by atoms with Crippen molar-refractivity contribution in [2.24, 2.45) is 0 Å². The number of rotatable bonds is 7. The zero-order valence-electron chi connectivity index (χ0n) is 12.9. The molecule has 1 aromatic rings. The fourth-order valence-corrected chi connectivity index (χ4v) is 3.11. The first kappa shape index (κ1) is 16.3. The van der Waals surface area contributed by atoms with E-state index in [1.54, 1.807) is 7.11 Å². The van der Waals surface area contributed by atoms with Crippen LogP contribution in [0.2, 0.25) is 5.15 Å². The minimum absolute atomic E-state index is 0.342. The molecule has 6 heteroatoms. The van der Waals surface area contributed by atoms with Gasteiger partial charge in [0.15, 0.2) is 16.7 Å². The molecule has 21 heavy (non-hydrogen) atoms. The quantitative estimate of drug-likeness (QED) is 0.619. The number of anilines is 1. The van der Waals surface area contributed by atoms with Crippen molar-refractivity contribution in [3.05, 3.63) is 11.5 Å². The minimum atomic E-state index is 0.342. The first-order valence-corrected chi connectivity index (χ1v) is 8.08. The fraction of sp³-hybridized carbons (Fsp3) is 0.733. The van der Waals surface area contributed by atoms with Crippen molar-refractivity contribution in [1.29, 1.82) is 0 Å². The fourth-order valence-electron chi connectivity index (χ4n) is 2.90. The third kappa shape index (κ3) is 4.71. The van der Waals surface area contributed by atoms with Gasteiger partial charge in [-0.1, -0.05) is 30.9 Å². The molecule has 0 amide bonds. The van der Waals surface area contributed by atoms with Crippen LogP contribution in [0.1, 0.15) is 38.5 Å². The van der Waals surface area contributed by atoms with Crippen LogP contribution in [-0.4, -0.2) is 48.2 Å². The Hall–Kier alpha value is -1.07. The molecule has 2 rings (SSSR count). The van der Waals surface area contributed by atoms with Crippen molar-refractivity contribution in [1.82, 2.24) is 14.9 Å². The number of halogens is 1. The lowest BCUT2D eigenvalue weighted by molar-refractivity contribution is 0.191. The first-order chi connectivity index (χ1) is 10.2. The van der Waals surface area contributed by atoms with Gasteiger partial charge in [0.25, 0.3) is 0 Å². The van der Waals surface area contributed by atoms with Gasteiger partial charge >= 0.3 is 0 Å². The summed E-state index contributed by atoms with van der Waals surface area (Å²) in [6, 6.07) is 0.766. The van der Waals surface area contributed by atoms with Gasteiger partial charge in [0.2, 0.25) is 0 Å². The summed E-state index contributed by atoms with van der Waals surface area (Å²) in [5.74, 6) is 1.18. The van der Waals surface area contributed by atoms with Crippen LogP contribution in [-0.2, 0) is 0 Å². The lowest BCUT2D eigenvalue weighted by Gasteiger charge is -2.31. The largest absolute Gasteiger partial charge is 0.490 e. The molecule has 1 saturated carbocycles. The second kappa shape index (κ2) is 8.39. The molecule has 0 radical (unpaired) electrons. The summed E-state index contributed by atoms with van der Waals surface area (Å²) in [6.45, 7) is 1.94. The molecule has 1 N–H and O–H groups in total. The summed E-state index contributed by atoms with van der Waals surface area (Å²) in [5, 5.41) is 3.62. The number of nitrogens with one attached hydrogen (secondary N) is 1. The van der Waals surface area contributed by atoms with Crippen LogP contribution in [0.25, 0.3) is 0 Å². The lowest BCUT2D eigenvalue weighted by Crippen LogP contribution is -2.34. The van der Waals surface area contributed by atoms with E-state index < -0.39 is 0 Å². The predicted molar refractivity (Wildman–Crippen MR) is 86.2 cm³/mol. The van der Waals surface area contributed by atoms with Crippen LogP contribution in [0.5, 0.6) is 5.75 Å². The molecular formula is C15H25ClN4O. The van der Waals surface area contributed by atoms with Gasteiger partial charge < -0.3 is 15.0 Å². The molecule has 0 atom stereocenters. The second-order valence-corrected chi connectivity index (χ2v) is 5.96. The van der Waals surface area contributed by atoms with Crippen LogP contribution in [0, 0.1) is 0 Å². The smallest absolute Gasteiger partial charge is 0.198 e. The topological polar surface area (TPSA) is 50.3 Å². The summed E-state index contributed by atoms with van der Waals surface area (Å²) in [6.07, 6.45) is 9.37. The van der Waals surface area contributed by atoms with E-state index in [1.165, 1.54) is 38.4 Å². The van der Waals surface area contributed by atoms with Crippen LogP contribution in [0.3, 0.4) is 0 Å². The molecule has 1 aliphatic carbocycles. The maximum absolute atomic E-state index is 5.97. The van der Waals surface area contributed by atoms with E-state index in [2.05, 4.69) is 27.2 Å². The van der Waals surface area contributed by atoms with Crippen LogP contribution >= 0.6 is 11.6 Å². The minimum Gasteiger partial charge on any atom is -0.490 e. The third-order valence-corrected chi connectivity index (χ3v) is 4.41. The Bertz CT molecular complexity index is 438. The Morgan fingerprint density at radius 1 is 1.33 bits per heavy atom. The molecule has 0 saturated heterocycles. The number of hydrogen-bond donors (Lipinski definition) is 1. The Kier molecular flexibility index (Phi) is 6.51. The Morgan fingerprint density at radius 3 is 2.81 bits per heavy atom. The third-order valence-electron chi connectivity index (χ3n) is 4.14. The lowest BCUT2D eigenvalue weighted by atomic mass is 9.94. The summed E-state index contributed by atoms with van der Waals surface area (Å²) in [7, 11) is 3.81. The molecule has 1 heterocycles. The number of methoxy groups -OCH3 is 1. The molecular weight excluding hydrogens is 288 g/mol. The second-order valence-electron chi connectivity index (χ2n) is 5.60. The van der Waals surface area contributed by atoms with Crippen molar-refractivity contribution in [3.8, 4) is 5.75 Å². The van der Waals surface area contributed by atoms with Gasteiger partial charge in [-0.3, -0.25) is 0 Å². The highest BCUT2D eigenvalue weighted by Crippen LogP contribution is 2.28. The number of nitrogens with zero attached hydrogens (tertiary/aromatic N) is 3. The van der Waals surface area contributed by atoms with Crippen molar-refractivity contribution in [3.63, 3.8) is 0 Å². The maximum atomic E-state index is 5.97. The van der Waals surface area contributed by atoms with Gasteiger partial charge in [0.05, 0.1) is 7.11 Å². The van der Waals surface area contributed by atoms with Crippen LogP contribution in [0.15, 0.2) is 6.33 Å². The van der Waals surface area contributed by atoms with Gasteiger partial charge in [-0.2, -0.15) is 0 Å². The molecule has 118 valence electrons. The van der Waals surface area contributed by atoms with Crippen molar-refractivity contribution >= 4 is 17.4 Å². The van der Waals surface area contributed by atoms with Gasteiger partial charge in [-0.15, -0.1) is 0 Å². The summed E-state index contributed by atoms with van der Waals surface area (Å²) in [4.78, 5) is 10.6. The zero-order chi connectivity index (χ0) is 15.1. The monoisotopic (exact) mass is 312 g/mol. The summed E-state index contributed by atoms with van der Waals surface area (Å²) >= 11 is 5.97. The SMILES string of the molecule is COc1c(Cl)ncnc1NCCCN(C)C1CCCCC1. The van der Waals surface area contributed by atoms with E-state index >= 15 is 0 Å². The number of aromatic nitrogens is 2. The average molecular weight is 313 g/mol. The average Bonchev–Trinajstić information content (AvgIpc) is 2.52. The van der Waals surface area contributed by atoms with Gasteiger partial charge in [0.1, 0.15) is 6.33 Å². The van der Waals surface area contributed by atoms with Crippen molar-refractivity contribution in [2.75, 3.05) is 32.6 Å². The number of hydrogen-bond acceptors (Lipinski definition) is 5. The molecule has 0 bridgehead atoms. The van der Waals surface area contributed by atoms with E-state index in [1.807, 2.05) is 0 Å². The maximum Gasteiger partial charge on any atom is 0.198 e. The normalized spacial score (nSPS) is 16.2. The predicted octanol–water partition coefficient (Wildman–Crippen LogP) is 3.21. The Balaban J connectivity index is 1.73. The zero-order valence-corrected chi connectivity index (χ0v) is 13.7. The Labute approximate surface area is 132 Å². The highest BCUT2D eigenvalue weighted by Gasteiger charge is 2.17. The molecule has 1 fully saturated rings. The highest BCUT2D eigenvalue weighted by atomic mass is 35.5. The van der Waals surface area contributed by atoms with E-state index in [0.717, 1.165) is 25.6 Å². The van der Waals surface area contributed by atoms with Gasteiger partial charge in [0, 0.05) is 12.6 Å². The van der Waals surface area contributed by atoms with Gasteiger partial charge in [-0.25, -0.2) is 9.97 Å². The summed E-state index contributed by atoms with van der Waals surface area (Å²) in [5.41, 5.74) is 0. The summed E-state index contributed by atoms with van der Waals surface area (Å²) < 4.78 is 5.22. The molecule has 1 aromatic heterocycles. The molecule has 0 aromatic carbocycles. The molecule has 0 spiro atoms. The van der Waals surface area contributed by atoms with Gasteiger partial charge in [-0.05, 0) is 32.9 Å². The van der Waals surface area contributed by atoms with Crippen molar-refractivity contribution < 1.29 is 4.74 Å². The van der Waals surface area contributed by atoms with Crippen molar-refractivity contribution in [2.45, 2.75) is 44.6 Å². The van der Waals surface area contributed by atoms with Crippen LogP contribution in [0.4, 0.5) is 5.82 Å².